The third-order valence-corrected chi connectivity index (χ3v) is 4.78. The summed E-state index contributed by atoms with van der Waals surface area (Å²) < 4.78 is 24.6. The van der Waals surface area contributed by atoms with Crippen LogP contribution < -0.4 is 10.1 Å². The monoisotopic (exact) mass is 551 g/mol. The number of nitrogens with zero attached hydrogens (tertiary/aromatic N) is 4. The number of morpholine rings is 1. The van der Waals surface area contributed by atoms with Gasteiger partial charge in [0.2, 0.25) is 5.91 Å². The maximum atomic E-state index is 13.7. The number of halogens is 2. The predicted molar refractivity (Wildman–Crippen MR) is 131 cm³/mol. The predicted octanol–water partition coefficient (Wildman–Crippen LogP) is 1.51. The van der Waals surface area contributed by atoms with Crippen LogP contribution in [-0.4, -0.2) is 107 Å². The molecule has 0 aliphatic carbocycles. The summed E-state index contributed by atoms with van der Waals surface area (Å²) in [4.78, 5) is 22.2. The van der Waals surface area contributed by atoms with Gasteiger partial charge in [0.1, 0.15) is 13.2 Å². The van der Waals surface area contributed by atoms with Crippen molar-refractivity contribution < 1.29 is 18.7 Å². The quantitative estimate of drug-likeness (QED) is 0.206. The molecule has 176 valence electrons. The lowest BCUT2D eigenvalue weighted by atomic mass is 10.3. The molecule has 1 amide bonds. The van der Waals surface area contributed by atoms with Crippen molar-refractivity contribution in [2.75, 3.05) is 80.2 Å². The number of aliphatic imine (C=N–C) groups is 1. The highest BCUT2D eigenvalue weighted by molar-refractivity contribution is 14.0. The molecule has 1 fully saturated rings. The number of likely N-dealkylation sites (N-methyl/N-ethyl adjacent to an activating group) is 2. The van der Waals surface area contributed by atoms with Crippen LogP contribution >= 0.6 is 24.0 Å². The Balaban J connectivity index is 0.00000480. The molecule has 0 atom stereocenters. The Morgan fingerprint density at radius 1 is 1.26 bits per heavy atom. The standard InChI is InChI=1S/C21H34FN5O3.HI/c1-25(2)20(28)17-24-21(23-9-6-10-27-12-14-29-15-13-27)26(3)11-16-30-19-8-5-4-7-18(19)22;/h4-5,7-8H,6,9-17H2,1-3H3,(H,23,24);1H. The van der Waals surface area contributed by atoms with Crippen LogP contribution in [0, 0.1) is 5.82 Å². The lowest BCUT2D eigenvalue weighted by molar-refractivity contribution is -0.127. The number of amides is 1. The Morgan fingerprint density at radius 3 is 2.65 bits per heavy atom. The zero-order valence-corrected chi connectivity index (χ0v) is 21.0. The summed E-state index contributed by atoms with van der Waals surface area (Å²) in [6, 6.07) is 6.33. The minimum Gasteiger partial charge on any atom is -0.489 e. The number of hydrogen-bond acceptors (Lipinski definition) is 5. The minimum atomic E-state index is -0.383. The van der Waals surface area contributed by atoms with Crippen molar-refractivity contribution in [1.82, 2.24) is 20.0 Å². The van der Waals surface area contributed by atoms with E-state index >= 15 is 0 Å². The van der Waals surface area contributed by atoms with Gasteiger partial charge in [-0.2, -0.15) is 0 Å². The normalized spacial score (nSPS) is 14.5. The van der Waals surface area contributed by atoms with Gasteiger partial charge in [-0.1, -0.05) is 12.1 Å². The molecule has 8 nitrogen and oxygen atoms in total. The van der Waals surface area contributed by atoms with Crippen LogP contribution in [0.3, 0.4) is 0 Å². The Kier molecular flexibility index (Phi) is 13.4. The van der Waals surface area contributed by atoms with E-state index in [2.05, 4.69) is 15.2 Å². The molecule has 2 rings (SSSR count). The summed E-state index contributed by atoms with van der Waals surface area (Å²) in [5.74, 6) is 0.403. The van der Waals surface area contributed by atoms with Crippen LogP contribution in [0.5, 0.6) is 5.75 Å². The SMILES string of the molecule is CN(C)C(=O)CN=C(NCCCN1CCOCC1)N(C)CCOc1ccccc1F.I. The van der Waals surface area contributed by atoms with E-state index < -0.39 is 0 Å². The molecule has 0 aromatic heterocycles. The smallest absolute Gasteiger partial charge is 0.243 e. The fourth-order valence-corrected chi connectivity index (χ4v) is 2.88. The topological polar surface area (TPSA) is 69.6 Å². The summed E-state index contributed by atoms with van der Waals surface area (Å²) in [5, 5.41) is 3.33. The van der Waals surface area contributed by atoms with E-state index in [0.717, 1.165) is 45.8 Å². The van der Waals surface area contributed by atoms with Crippen molar-refractivity contribution in [3.8, 4) is 5.75 Å². The molecule has 1 aliphatic rings. The van der Waals surface area contributed by atoms with Crippen molar-refractivity contribution in [2.45, 2.75) is 6.42 Å². The average Bonchev–Trinajstić information content (AvgIpc) is 2.74. The summed E-state index contributed by atoms with van der Waals surface area (Å²) in [5.41, 5.74) is 0. The molecule has 0 saturated carbocycles. The zero-order valence-electron chi connectivity index (χ0n) is 18.7. The molecule has 31 heavy (non-hydrogen) atoms. The maximum Gasteiger partial charge on any atom is 0.243 e. The third kappa shape index (κ3) is 10.5. The van der Waals surface area contributed by atoms with Crippen LogP contribution in [0.1, 0.15) is 6.42 Å². The number of guanidine groups is 1. The summed E-state index contributed by atoms with van der Waals surface area (Å²) in [6.45, 7) is 6.10. The maximum absolute atomic E-state index is 13.7. The van der Waals surface area contributed by atoms with Gasteiger partial charge in [-0.3, -0.25) is 9.69 Å². The van der Waals surface area contributed by atoms with E-state index in [0.29, 0.717) is 19.1 Å². The first-order valence-electron chi connectivity index (χ1n) is 10.3. The zero-order chi connectivity index (χ0) is 21.8. The number of carbonyl (C=O) groups is 1. The molecular weight excluding hydrogens is 516 g/mol. The van der Waals surface area contributed by atoms with Gasteiger partial charge in [-0.15, -0.1) is 24.0 Å². The third-order valence-electron chi connectivity index (χ3n) is 4.78. The second-order valence-corrected chi connectivity index (χ2v) is 7.36. The van der Waals surface area contributed by atoms with Crippen molar-refractivity contribution in [3.05, 3.63) is 30.1 Å². The van der Waals surface area contributed by atoms with Gasteiger partial charge in [0.25, 0.3) is 0 Å². The van der Waals surface area contributed by atoms with Crippen LogP contribution in [0.4, 0.5) is 4.39 Å². The molecule has 1 heterocycles. The van der Waals surface area contributed by atoms with Gasteiger partial charge in [-0.25, -0.2) is 9.38 Å². The van der Waals surface area contributed by atoms with Crippen molar-refractivity contribution in [1.29, 1.82) is 0 Å². The molecule has 0 radical (unpaired) electrons. The van der Waals surface area contributed by atoms with Gasteiger partial charge in [0.05, 0.1) is 19.8 Å². The lowest BCUT2D eigenvalue weighted by Gasteiger charge is -2.27. The fourth-order valence-electron chi connectivity index (χ4n) is 2.88. The van der Waals surface area contributed by atoms with Crippen molar-refractivity contribution in [3.63, 3.8) is 0 Å². The van der Waals surface area contributed by atoms with Gasteiger partial charge in [0.15, 0.2) is 17.5 Å². The number of carbonyl (C=O) groups excluding carboxylic acids is 1. The number of nitrogens with one attached hydrogen (secondary N) is 1. The Bertz CT molecular complexity index is 687. The van der Waals surface area contributed by atoms with E-state index in [-0.39, 0.29) is 48.0 Å². The highest BCUT2D eigenvalue weighted by Gasteiger charge is 2.12. The highest BCUT2D eigenvalue weighted by atomic mass is 127. The first kappa shape index (κ1) is 27.4. The fraction of sp³-hybridized carbons (Fsp3) is 0.619. The van der Waals surface area contributed by atoms with Crippen molar-refractivity contribution in [2.24, 2.45) is 4.99 Å². The molecule has 10 heteroatoms. The molecule has 1 N–H and O–H groups in total. The van der Waals surface area contributed by atoms with Crippen LogP contribution in [-0.2, 0) is 9.53 Å². The number of rotatable bonds is 10. The summed E-state index contributed by atoms with van der Waals surface area (Å²) >= 11 is 0. The Hall–Kier alpha value is -1.66. The molecule has 0 unspecified atom stereocenters. The number of benzene rings is 1. The van der Waals surface area contributed by atoms with E-state index in [4.69, 9.17) is 9.47 Å². The molecule has 1 aromatic carbocycles. The highest BCUT2D eigenvalue weighted by Crippen LogP contribution is 2.15. The van der Waals surface area contributed by atoms with E-state index in [1.54, 1.807) is 32.3 Å². The molecular formula is C21H35FIN5O3. The number of ether oxygens (including phenoxy) is 2. The molecule has 0 bridgehead atoms. The number of hydrogen-bond donors (Lipinski definition) is 1. The van der Waals surface area contributed by atoms with Crippen LogP contribution in [0.2, 0.25) is 0 Å². The van der Waals surface area contributed by atoms with Crippen molar-refractivity contribution >= 4 is 35.8 Å². The Morgan fingerprint density at radius 2 is 1.97 bits per heavy atom. The summed E-state index contributed by atoms with van der Waals surface area (Å²) in [7, 11) is 5.29. The van der Waals surface area contributed by atoms with E-state index in [9.17, 15) is 9.18 Å². The second-order valence-electron chi connectivity index (χ2n) is 7.36. The first-order chi connectivity index (χ1) is 14.5. The van der Waals surface area contributed by atoms with Crippen LogP contribution in [0.15, 0.2) is 29.3 Å². The average molecular weight is 551 g/mol. The van der Waals surface area contributed by atoms with Gasteiger partial charge in [0, 0.05) is 40.8 Å². The van der Waals surface area contributed by atoms with Crippen LogP contribution in [0.25, 0.3) is 0 Å². The van der Waals surface area contributed by atoms with E-state index in [1.807, 2.05) is 11.9 Å². The second kappa shape index (κ2) is 15.2. The lowest BCUT2D eigenvalue weighted by Crippen LogP contribution is -2.43. The molecule has 1 aromatic rings. The first-order valence-corrected chi connectivity index (χ1v) is 10.3. The van der Waals surface area contributed by atoms with Gasteiger partial charge >= 0.3 is 0 Å². The molecule has 1 aliphatic heterocycles. The van der Waals surface area contributed by atoms with Gasteiger partial charge in [-0.05, 0) is 25.1 Å². The van der Waals surface area contributed by atoms with Gasteiger partial charge < -0.3 is 24.6 Å². The largest absolute Gasteiger partial charge is 0.489 e. The number of para-hydroxylation sites is 1. The Labute approximate surface area is 201 Å². The molecule has 1 saturated heterocycles. The minimum absolute atomic E-state index is 0. The van der Waals surface area contributed by atoms with E-state index in [1.165, 1.54) is 11.0 Å². The molecule has 0 spiro atoms. The summed E-state index contributed by atoms with van der Waals surface area (Å²) in [6.07, 6.45) is 0.959.